The number of benzene rings is 9. The maximum absolute atomic E-state index is 7.58. The van der Waals surface area contributed by atoms with E-state index in [1.807, 2.05) is 0 Å². The summed E-state index contributed by atoms with van der Waals surface area (Å²) in [6, 6.07) is 69.0. The Bertz CT molecular complexity index is 3890. The summed E-state index contributed by atoms with van der Waals surface area (Å²) in [5, 5.41) is 0. The van der Waals surface area contributed by atoms with Gasteiger partial charge in [0.1, 0.15) is 23.0 Å². The van der Waals surface area contributed by atoms with Crippen molar-refractivity contribution in [3.05, 3.63) is 210 Å². The van der Waals surface area contributed by atoms with Crippen LogP contribution in [0, 0.1) is 0 Å². The fraction of sp³-hybridized carbons (Fsp3) is 0.270. The van der Waals surface area contributed by atoms with Gasteiger partial charge in [-0.2, -0.15) is 0 Å². The summed E-state index contributed by atoms with van der Waals surface area (Å²) in [5.74, 6) is 3.44. The molecule has 81 heavy (non-hydrogen) atoms. The van der Waals surface area contributed by atoms with Gasteiger partial charge in [0.05, 0.1) is 5.69 Å². The van der Waals surface area contributed by atoms with Crippen molar-refractivity contribution in [2.24, 2.45) is 0 Å². The summed E-state index contributed by atoms with van der Waals surface area (Å²) in [6.45, 7) is 34.2. The Labute approximate surface area is 482 Å². The van der Waals surface area contributed by atoms with E-state index in [4.69, 9.17) is 9.47 Å². The smallest absolute Gasteiger partial charge is 0.260 e. The van der Waals surface area contributed by atoms with E-state index < -0.39 is 0 Å². The molecular weight excluding hydrogens is 984 g/mol. The Morgan fingerprint density at radius 3 is 1.16 bits per heavy atom. The Hall–Kier alpha value is -7.89. The summed E-state index contributed by atoms with van der Waals surface area (Å²) in [6.07, 6.45) is 0. The Balaban J connectivity index is 1.18. The van der Waals surface area contributed by atoms with Crippen molar-refractivity contribution in [2.45, 2.75) is 131 Å². The van der Waals surface area contributed by atoms with Gasteiger partial charge < -0.3 is 24.2 Å². The summed E-state index contributed by atoms with van der Waals surface area (Å²) in [7, 11) is 0. The predicted octanol–water partition coefficient (Wildman–Crippen LogP) is 16.5. The van der Waals surface area contributed by atoms with Gasteiger partial charge in [-0.15, -0.1) is 0 Å². The molecule has 7 heteroatoms. The van der Waals surface area contributed by atoms with Gasteiger partial charge in [0.15, 0.2) is 0 Å². The molecule has 0 atom stereocenters. The first-order chi connectivity index (χ1) is 38.3. The van der Waals surface area contributed by atoms with E-state index in [0.29, 0.717) is 0 Å². The maximum atomic E-state index is 7.58. The van der Waals surface area contributed by atoms with Crippen LogP contribution >= 0.6 is 0 Å². The molecule has 9 aromatic rings. The number of nitrogens with zero attached hydrogens (tertiary/aromatic N) is 3. The monoisotopic (exact) mass is 1060 g/mol. The van der Waals surface area contributed by atoms with Crippen molar-refractivity contribution >= 4 is 97.4 Å². The van der Waals surface area contributed by atoms with Crippen molar-refractivity contribution in [2.75, 3.05) is 14.7 Å². The Kier molecular flexibility index (Phi) is 11.9. The van der Waals surface area contributed by atoms with E-state index in [1.54, 1.807) is 0 Å². The number of hydrogen-bond acceptors (Lipinski definition) is 5. The molecule has 0 fully saturated rings. The van der Waals surface area contributed by atoms with Crippen molar-refractivity contribution < 1.29 is 9.47 Å². The van der Waals surface area contributed by atoms with Gasteiger partial charge in [0, 0.05) is 57.0 Å². The molecule has 0 unspecified atom stereocenters. The van der Waals surface area contributed by atoms with Crippen molar-refractivity contribution in [1.29, 1.82) is 0 Å². The zero-order valence-corrected chi connectivity index (χ0v) is 50.1. The fourth-order valence-electron chi connectivity index (χ4n) is 12.9. The van der Waals surface area contributed by atoms with Gasteiger partial charge in [-0.3, -0.25) is 0 Å². The topological polar surface area (TPSA) is 28.2 Å². The number of rotatable bonds is 5. The largest absolute Gasteiger partial charge is 0.459 e. The quantitative estimate of drug-likeness (QED) is 0.160. The van der Waals surface area contributed by atoms with Crippen molar-refractivity contribution in [1.82, 2.24) is 0 Å². The SMILES string of the molecule is CC(C)(C)c1ccc(N(c2ccc(C(C)(C)C)cc2)c2cc3c4c(c2)N(c2ccc(C(C)(C)C)cc2)c2cc5c6c(c2B4c2cc(C(C)(C)C)ccc2N3c2ccc(C(C)(C)C)cc2)Oc2ccccc2B6c2ccccc2O5)cc1. The van der Waals surface area contributed by atoms with Crippen LogP contribution in [-0.4, -0.2) is 13.4 Å². The molecule has 0 saturated carbocycles. The van der Waals surface area contributed by atoms with Crippen LogP contribution in [0.4, 0.5) is 51.2 Å². The van der Waals surface area contributed by atoms with Crippen LogP contribution in [0.15, 0.2) is 182 Å². The second-order valence-electron chi connectivity index (χ2n) is 28.3. The van der Waals surface area contributed by atoms with Crippen LogP contribution < -0.4 is 57.0 Å². The number of ether oxygens (including phenoxy) is 2. The molecule has 404 valence electrons. The summed E-state index contributed by atoms with van der Waals surface area (Å²) >= 11 is 0. The maximum Gasteiger partial charge on any atom is 0.260 e. The number of para-hydroxylation sites is 2. The van der Waals surface area contributed by atoms with E-state index in [2.05, 4.69) is 301 Å². The lowest BCUT2D eigenvalue weighted by molar-refractivity contribution is 0.467. The molecule has 0 saturated heterocycles. The van der Waals surface area contributed by atoms with Gasteiger partial charge >= 0.3 is 0 Å². The van der Waals surface area contributed by atoms with Crippen LogP contribution in [0.5, 0.6) is 23.0 Å². The molecule has 4 aliphatic heterocycles. The molecule has 0 radical (unpaired) electrons. The molecule has 0 amide bonds. The van der Waals surface area contributed by atoms with Gasteiger partial charge in [0.2, 0.25) is 0 Å². The summed E-state index contributed by atoms with van der Waals surface area (Å²) in [4.78, 5) is 7.56. The molecule has 0 spiro atoms. The third kappa shape index (κ3) is 8.76. The number of fused-ring (bicyclic) bond motifs is 9. The van der Waals surface area contributed by atoms with Crippen LogP contribution in [0.1, 0.15) is 132 Å². The van der Waals surface area contributed by atoms with Gasteiger partial charge in [0.25, 0.3) is 13.4 Å². The average Bonchev–Trinajstić information content (AvgIpc) is 2.93. The molecular formula is C74H75B2N3O2. The molecule has 0 aliphatic carbocycles. The Morgan fingerprint density at radius 1 is 0.309 bits per heavy atom. The van der Waals surface area contributed by atoms with E-state index >= 15 is 0 Å². The van der Waals surface area contributed by atoms with Crippen LogP contribution in [0.2, 0.25) is 0 Å². The highest BCUT2D eigenvalue weighted by atomic mass is 16.5. The second-order valence-corrected chi connectivity index (χ2v) is 28.3. The highest BCUT2D eigenvalue weighted by Gasteiger charge is 2.50. The first-order valence-electron chi connectivity index (χ1n) is 29.2. The summed E-state index contributed by atoms with van der Waals surface area (Å²) < 4.78 is 14.8. The van der Waals surface area contributed by atoms with Gasteiger partial charge in [-0.05, 0) is 161 Å². The highest BCUT2D eigenvalue weighted by Crippen LogP contribution is 2.51. The molecule has 13 rings (SSSR count). The zero-order chi connectivity index (χ0) is 56.9. The van der Waals surface area contributed by atoms with E-state index in [-0.39, 0.29) is 40.5 Å². The first-order valence-corrected chi connectivity index (χ1v) is 29.2. The lowest BCUT2D eigenvalue weighted by Crippen LogP contribution is -2.65. The van der Waals surface area contributed by atoms with Gasteiger partial charge in [-0.1, -0.05) is 201 Å². The fourth-order valence-corrected chi connectivity index (χ4v) is 12.9. The average molecular weight is 1060 g/mol. The standard InChI is InChI=1S/C74H75B2N3O2/c1-70(2,3)46-24-33-51(34-25-46)77(52-35-26-47(27-36-52)71(4,5)6)55-43-60-66-61(44-55)79(54-39-30-49(31-40-54)73(10,11)12)62-45-65-68-69(81-64-23-19-17-21-57(64)75(68)56-20-16-18-22-63(56)80-65)67(62)76(66)58-42-50(74(13,14)15)32-41-59(58)78(60)53-37-28-48(29-38-53)72(7,8)9/h16-45H,1-15H3. The van der Waals surface area contributed by atoms with E-state index in [1.165, 1.54) is 38.7 Å². The van der Waals surface area contributed by atoms with Crippen LogP contribution in [-0.2, 0) is 27.1 Å². The lowest BCUT2D eigenvalue weighted by atomic mass is 9.30. The first kappa shape index (κ1) is 52.5. The zero-order valence-electron chi connectivity index (χ0n) is 50.1. The van der Waals surface area contributed by atoms with Crippen LogP contribution in [0.25, 0.3) is 0 Å². The number of anilines is 9. The van der Waals surface area contributed by atoms with Crippen LogP contribution in [0.3, 0.4) is 0 Å². The predicted molar refractivity (Wildman–Crippen MR) is 346 cm³/mol. The molecule has 0 aromatic heterocycles. The normalized spacial score (nSPS) is 14.2. The minimum Gasteiger partial charge on any atom is -0.459 e. The molecule has 5 nitrogen and oxygen atoms in total. The number of hydrogen-bond donors (Lipinski definition) is 0. The summed E-state index contributed by atoms with van der Waals surface area (Å²) in [5.41, 5.74) is 23.0. The minimum atomic E-state index is -0.250. The third-order valence-corrected chi connectivity index (χ3v) is 17.6. The minimum absolute atomic E-state index is 0.0153. The molecule has 0 N–H and O–H groups in total. The molecule has 9 aromatic carbocycles. The lowest BCUT2D eigenvalue weighted by Gasteiger charge is -2.47. The second kappa shape index (κ2) is 18.3. The van der Waals surface area contributed by atoms with Crippen molar-refractivity contribution in [3.63, 3.8) is 0 Å². The third-order valence-electron chi connectivity index (χ3n) is 17.6. The molecule has 4 aliphatic rings. The van der Waals surface area contributed by atoms with E-state index in [0.717, 1.165) is 96.0 Å². The van der Waals surface area contributed by atoms with Crippen molar-refractivity contribution in [3.8, 4) is 23.0 Å². The molecule has 4 heterocycles. The van der Waals surface area contributed by atoms with Gasteiger partial charge in [-0.25, -0.2) is 0 Å². The highest BCUT2D eigenvalue weighted by molar-refractivity contribution is 7.03. The van der Waals surface area contributed by atoms with E-state index in [9.17, 15) is 0 Å². The Morgan fingerprint density at radius 2 is 0.704 bits per heavy atom. The molecule has 0 bridgehead atoms.